The fraction of sp³-hybridized carbons (Fsp3) is 0.368. The van der Waals surface area contributed by atoms with E-state index in [1.165, 1.54) is 29.0 Å². The number of amides is 1. The van der Waals surface area contributed by atoms with Crippen molar-refractivity contribution < 1.29 is 4.79 Å². The average molecular weight is 310 g/mol. The van der Waals surface area contributed by atoms with Crippen LogP contribution in [0.15, 0.2) is 59.5 Å². The molecule has 4 nitrogen and oxygen atoms in total. The number of hydrogen-bond acceptors (Lipinski definition) is 2. The zero-order valence-corrected chi connectivity index (χ0v) is 13.2. The molecule has 0 spiro atoms. The summed E-state index contributed by atoms with van der Waals surface area (Å²) < 4.78 is 1.43. The zero-order valence-electron chi connectivity index (χ0n) is 13.2. The third-order valence-electron chi connectivity index (χ3n) is 4.78. The molecular formula is C19H22N2O2. The summed E-state index contributed by atoms with van der Waals surface area (Å²) >= 11 is 0. The molecule has 23 heavy (non-hydrogen) atoms. The second-order valence-corrected chi connectivity index (χ2v) is 6.30. The van der Waals surface area contributed by atoms with Gasteiger partial charge in [-0.25, -0.2) is 0 Å². The molecule has 2 aromatic rings. The Hall–Kier alpha value is -2.36. The van der Waals surface area contributed by atoms with Crippen LogP contribution in [0.4, 0.5) is 0 Å². The molecule has 4 heteroatoms. The van der Waals surface area contributed by atoms with Gasteiger partial charge >= 0.3 is 0 Å². The van der Waals surface area contributed by atoms with Gasteiger partial charge in [-0.2, -0.15) is 0 Å². The Bertz CT molecular complexity index is 715. The molecule has 0 saturated heterocycles. The van der Waals surface area contributed by atoms with E-state index in [9.17, 15) is 9.59 Å². The van der Waals surface area contributed by atoms with Gasteiger partial charge in [-0.3, -0.25) is 9.59 Å². The smallest absolute Gasteiger partial charge is 0.250 e. The van der Waals surface area contributed by atoms with Crippen molar-refractivity contribution in [2.75, 3.05) is 6.54 Å². The number of nitrogens with zero attached hydrogens (tertiary/aromatic N) is 1. The van der Waals surface area contributed by atoms with Gasteiger partial charge in [0.1, 0.15) is 6.54 Å². The predicted octanol–water partition coefficient (Wildman–Crippen LogP) is 2.48. The van der Waals surface area contributed by atoms with Crippen LogP contribution in [0.2, 0.25) is 0 Å². The highest BCUT2D eigenvalue weighted by Crippen LogP contribution is 2.40. The van der Waals surface area contributed by atoms with E-state index in [0.717, 1.165) is 12.8 Å². The topological polar surface area (TPSA) is 51.1 Å². The van der Waals surface area contributed by atoms with Gasteiger partial charge in [0.05, 0.1) is 0 Å². The number of rotatable bonds is 5. The van der Waals surface area contributed by atoms with Crippen molar-refractivity contribution in [3.8, 4) is 0 Å². The van der Waals surface area contributed by atoms with Crippen LogP contribution in [0, 0.1) is 0 Å². The maximum atomic E-state index is 12.2. The van der Waals surface area contributed by atoms with Crippen molar-refractivity contribution in [2.45, 2.75) is 37.6 Å². The number of carbonyl (C=O) groups is 1. The van der Waals surface area contributed by atoms with E-state index in [1.807, 2.05) is 6.07 Å². The number of nitrogens with one attached hydrogen (secondary N) is 1. The van der Waals surface area contributed by atoms with E-state index in [-0.39, 0.29) is 23.4 Å². The van der Waals surface area contributed by atoms with Crippen molar-refractivity contribution in [2.24, 2.45) is 0 Å². The highest BCUT2D eigenvalue weighted by molar-refractivity contribution is 5.75. The molecule has 1 saturated carbocycles. The summed E-state index contributed by atoms with van der Waals surface area (Å²) in [7, 11) is 0. The van der Waals surface area contributed by atoms with Gasteiger partial charge in [-0.05, 0) is 24.5 Å². The van der Waals surface area contributed by atoms with Gasteiger partial charge in [0.25, 0.3) is 5.56 Å². The van der Waals surface area contributed by atoms with E-state index >= 15 is 0 Å². The minimum atomic E-state index is -0.152. The molecular weight excluding hydrogens is 288 g/mol. The van der Waals surface area contributed by atoms with E-state index in [4.69, 9.17) is 0 Å². The van der Waals surface area contributed by atoms with E-state index in [2.05, 4.69) is 29.6 Å². The van der Waals surface area contributed by atoms with Crippen molar-refractivity contribution in [3.63, 3.8) is 0 Å². The molecule has 1 aromatic carbocycles. The first kappa shape index (κ1) is 15.5. The van der Waals surface area contributed by atoms with Crippen LogP contribution in [0.1, 0.15) is 31.2 Å². The van der Waals surface area contributed by atoms with Gasteiger partial charge < -0.3 is 9.88 Å². The normalized spacial score (nSPS) is 16.2. The highest BCUT2D eigenvalue weighted by Gasteiger charge is 2.35. The van der Waals surface area contributed by atoms with Crippen molar-refractivity contribution >= 4 is 5.91 Å². The number of pyridine rings is 1. The molecule has 1 N–H and O–H groups in total. The van der Waals surface area contributed by atoms with Crippen molar-refractivity contribution in [3.05, 3.63) is 70.6 Å². The van der Waals surface area contributed by atoms with E-state index in [1.54, 1.807) is 18.3 Å². The summed E-state index contributed by atoms with van der Waals surface area (Å²) in [6, 6.07) is 15.3. The minimum Gasteiger partial charge on any atom is -0.354 e. The first-order valence-corrected chi connectivity index (χ1v) is 8.17. The molecule has 1 aliphatic carbocycles. The summed E-state index contributed by atoms with van der Waals surface area (Å²) in [6.07, 6.45) is 6.24. The molecule has 0 aliphatic heterocycles. The average Bonchev–Trinajstić information content (AvgIpc) is 3.06. The van der Waals surface area contributed by atoms with Crippen molar-refractivity contribution in [1.29, 1.82) is 0 Å². The largest absolute Gasteiger partial charge is 0.354 e. The Kier molecular flexibility index (Phi) is 4.60. The molecule has 1 amide bonds. The van der Waals surface area contributed by atoms with E-state index < -0.39 is 0 Å². The van der Waals surface area contributed by atoms with Crippen LogP contribution in [0.25, 0.3) is 0 Å². The van der Waals surface area contributed by atoms with Crippen LogP contribution in [-0.4, -0.2) is 17.0 Å². The predicted molar refractivity (Wildman–Crippen MR) is 90.3 cm³/mol. The first-order chi connectivity index (χ1) is 11.2. The lowest BCUT2D eigenvalue weighted by atomic mass is 9.79. The number of carbonyl (C=O) groups excluding carboxylic acids is 1. The van der Waals surface area contributed by atoms with Crippen LogP contribution in [0.3, 0.4) is 0 Å². The fourth-order valence-corrected chi connectivity index (χ4v) is 3.48. The van der Waals surface area contributed by atoms with Gasteiger partial charge in [0.2, 0.25) is 5.91 Å². The SMILES string of the molecule is O=C(Cn1ccccc1=O)NCC1(c2ccccc2)CCCC1. The minimum absolute atomic E-state index is 0.0402. The monoisotopic (exact) mass is 310 g/mol. The molecule has 1 aromatic heterocycles. The molecule has 0 radical (unpaired) electrons. The standard InChI is InChI=1S/C19H22N2O2/c22-17(14-21-13-7-4-10-18(21)23)20-15-19(11-5-6-12-19)16-8-2-1-3-9-16/h1-4,7-10,13H,5-6,11-12,14-15H2,(H,20,22). The quantitative estimate of drug-likeness (QED) is 0.922. The summed E-state index contributed by atoms with van der Waals surface area (Å²) in [4.78, 5) is 23.9. The lowest BCUT2D eigenvalue weighted by molar-refractivity contribution is -0.122. The summed E-state index contributed by atoms with van der Waals surface area (Å²) in [5.41, 5.74) is 1.19. The summed E-state index contributed by atoms with van der Waals surface area (Å²) in [6.45, 7) is 0.710. The van der Waals surface area contributed by atoms with Crippen LogP contribution < -0.4 is 10.9 Å². The van der Waals surface area contributed by atoms with Gasteiger partial charge in [-0.15, -0.1) is 0 Å². The maximum absolute atomic E-state index is 12.2. The lowest BCUT2D eigenvalue weighted by Gasteiger charge is -2.30. The molecule has 3 rings (SSSR count). The maximum Gasteiger partial charge on any atom is 0.250 e. The molecule has 1 heterocycles. The molecule has 120 valence electrons. The Balaban J connectivity index is 1.67. The fourth-order valence-electron chi connectivity index (χ4n) is 3.48. The molecule has 0 unspecified atom stereocenters. The Morgan fingerprint density at radius 2 is 1.74 bits per heavy atom. The summed E-state index contributed by atoms with van der Waals surface area (Å²) in [5, 5.41) is 3.04. The van der Waals surface area contributed by atoms with Gasteiger partial charge in [0.15, 0.2) is 0 Å². The third-order valence-corrected chi connectivity index (χ3v) is 4.78. The van der Waals surface area contributed by atoms with Gasteiger partial charge in [0, 0.05) is 24.2 Å². The highest BCUT2D eigenvalue weighted by atomic mass is 16.2. The first-order valence-electron chi connectivity index (χ1n) is 8.17. The van der Waals surface area contributed by atoms with Gasteiger partial charge in [-0.1, -0.05) is 49.2 Å². The third kappa shape index (κ3) is 3.52. The Morgan fingerprint density at radius 1 is 1.04 bits per heavy atom. The second kappa shape index (κ2) is 6.82. The Morgan fingerprint density at radius 3 is 2.43 bits per heavy atom. The summed E-state index contributed by atoms with van der Waals surface area (Å²) in [5.74, 6) is -0.111. The van der Waals surface area contributed by atoms with Crippen LogP contribution >= 0.6 is 0 Å². The van der Waals surface area contributed by atoms with Crippen molar-refractivity contribution in [1.82, 2.24) is 9.88 Å². The number of aromatic nitrogens is 1. The number of benzene rings is 1. The molecule has 0 bridgehead atoms. The molecule has 1 aliphatic rings. The lowest BCUT2D eigenvalue weighted by Crippen LogP contribution is -2.41. The molecule has 1 fully saturated rings. The molecule has 0 atom stereocenters. The zero-order chi connectivity index (χ0) is 16.1. The van der Waals surface area contributed by atoms with E-state index in [0.29, 0.717) is 6.54 Å². The number of hydrogen-bond donors (Lipinski definition) is 1. The van der Waals surface area contributed by atoms with Crippen LogP contribution in [0.5, 0.6) is 0 Å². The van der Waals surface area contributed by atoms with Crippen LogP contribution in [-0.2, 0) is 16.8 Å². The second-order valence-electron chi connectivity index (χ2n) is 6.30. The Labute approximate surface area is 136 Å².